The molecular formula is C29H32F3N7O3. The number of hydrogen-bond donors (Lipinski definition) is 1. The Labute approximate surface area is 241 Å². The summed E-state index contributed by atoms with van der Waals surface area (Å²) in [6.07, 6.45) is 3.52. The summed E-state index contributed by atoms with van der Waals surface area (Å²) in [6.45, 7) is 5.68. The van der Waals surface area contributed by atoms with Crippen LogP contribution in [-0.4, -0.2) is 75.7 Å². The molecule has 0 radical (unpaired) electrons. The van der Waals surface area contributed by atoms with E-state index in [1.54, 1.807) is 13.8 Å². The highest BCUT2D eigenvalue weighted by atomic mass is 19.3. The molecular weight excluding hydrogens is 551 g/mol. The van der Waals surface area contributed by atoms with Gasteiger partial charge in [-0.1, -0.05) is 5.10 Å². The first-order valence-electron chi connectivity index (χ1n) is 14.0. The fraction of sp³-hybridized carbons (Fsp3) is 0.483. The van der Waals surface area contributed by atoms with E-state index in [4.69, 9.17) is 9.47 Å². The number of hydrogen-bond acceptors (Lipinski definition) is 9. The van der Waals surface area contributed by atoms with Crippen LogP contribution in [0.2, 0.25) is 0 Å². The van der Waals surface area contributed by atoms with Crippen molar-refractivity contribution in [3.63, 3.8) is 0 Å². The summed E-state index contributed by atoms with van der Waals surface area (Å²) in [4.78, 5) is 25.1. The monoisotopic (exact) mass is 583 g/mol. The molecule has 1 saturated heterocycles. The molecule has 2 aromatic heterocycles. The number of amides is 1. The summed E-state index contributed by atoms with van der Waals surface area (Å²) < 4.78 is 52.5. The molecule has 1 N–H and O–H groups in total. The van der Waals surface area contributed by atoms with Crippen LogP contribution in [0.15, 0.2) is 36.7 Å². The molecule has 1 saturated carbocycles. The third kappa shape index (κ3) is 5.69. The first-order valence-corrected chi connectivity index (χ1v) is 14.0. The highest BCUT2D eigenvalue weighted by Crippen LogP contribution is 2.51. The van der Waals surface area contributed by atoms with Gasteiger partial charge in [-0.2, -0.15) is 10.1 Å². The van der Waals surface area contributed by atoms with Crippen molar-refractivity contribution in [3.05, 3.63) is 59.3 Å². The quantitative estimate of drug-likeness (QED) is 0.400. The van der Waals surface area contributed by atoms with Crippen LogP contribution < -0.4 is 19.7 Å². The Morgan fingerprint density at radius 3 is 2.79 bits per heavy atom. The summed E-state index contributed by atoms with van der Waals surface area (Å²) in [5.74, 6) is -0.0599. The number of nitrogens with zero attached hydrogens (tertiary/aromatic N) is 6. The molecule has 13 heteroatoms. The molecule has 2 fully saturated rings. The third-order valence-electron chi connectivity index (χ3n) is 8.05. The van der Waals surface area contributed by atoms with Gasteiger partial charge < -0.3 is 24.6 Å². The van der Waals surface area contributed by atoms with E-state index in [1.165, 1.54) is 12.3 Å². The molecule has 222 valence electrons. The Bertz CT molecular complexity index is 1460. The van der Waals surface area contributed by atoms with Crippen molar-refractivity contribution >= 4 is 11.7 Å². The minimum absolute atomic E-state index is 0.0483. The zero-order valence-corrected chi connectivity index (χ0v) is 23.4. The second kappa shape index (κ2) is 11.3. The van der Waals surface area contributed by atoms with E-state index in [9.17, 15) is 18.0 Å². The number of rotatable bonds is 9. The van der Waals surface area contributed by atoms with Crippen molar-refractivity contribution < 1.29 is 27.4 Å². The van der Waals surface area contributed by atoms with Gasteiger partial charge in [0.2, 0.25) is 0 Å². The molecule has 6 rings (SSSR count). The molecule has 10 nitrogen and oxygen atoms in total. The second-order valence-electron chi connectivity index (χ2n) is 11.4. The lowest BCUT2D eigenvalue weighted by atomic mass is 9.62. The Balaban J connectivity index is 1.09. The van der Waals surface area contributed by atoms with E-state index >= 15 is 0 Å². The van der Waals surface area contributed by atoms with E-state index in [2.05, 4.69) is 30.4 Å². The Hall–Kier alpha value is -4.00. The minimum Gasteiger partial charge on any atom is -0.490 e. The molecule has 0 unspecified atom stereocenters. The van der Waals surface area contributed by atoms with Gasteiger partial charge in [0.15, 0.2) is 5.82 Å². The van der Waals surface area contributed by atoms with Crippen LogP contribution >= 0.6 is 0 Å². The number of carbonyl (C=O) groups is 1. The topological polar surface area (TPSA) is 106 Å². The molecule has 3 aromatic rings. The van der Waals surface area contributed by atoms with Crippen LogP contribution in [0.1, 0.15) is 48.3 Å². The molecule has 1 spiro atoms. The summed E-state index contributed by atoms with van der Waals surface area (Å²) >= 11 is 0. The maximum atomic E-state index is 14.1. The van der Waals surface area contributed by atoms with Crippen molar-refractivity contribution in [1.29, 1.82) is 0 Å². The van der Waals surface area contributed by atoms with Crippen molar-refractivity contribution in [2.45, 2.75) is 58.2 Å². The smallest absolute Gasteiger partial charge is 0.343 e. The predicted octanol–water partition coefficient (Wildman–Crippen LogP) is 4.01. The van der Waals surface area contributed by atoms with Gasteiger partial charge in [-0.15, -0.1) is 0 Å². The number of alkyl halides is 2. The van der Waals surface area contributed by atoms with Crippen LogP contribution in [0.3, 0.4) is 0 Å². The van der Waals surface area contributed by atoms with Gasteiger partial charge in [0.25, 0.3) is 12.3 Å². The van der Waals surface area contributed by atoms with Gasteiger partial charge in [-0.25, -0.2) is 13.2 Å². The lowest BCUT2D eigenvalue weighted by Crippen LogP contribution is -2.65. The van der Waals surface area contributed by atoms with Gasteiger partial charge in [-0.3, -0.25) is 9.78 Å². The standard InChI is InChI=1S/C29H32F3N7O3/c1-17(2)39(14-25(31)32)27(40)20-9-18(30)3-4-23(20)42-28-36-26(13-35-37-28)38-15-29(16-38)10-19(11-29)41-24-6-8-34-22-5-7-33-12-21(22)24/h3-4,6,8-9,13,17,19,25,33H,5,7,10-12,14-16H2,1-2H3. The molecule has 2 aliphatic heterocycles. The van der Waals surface area contributed by atoms with Gasteiger partial charge >= 0.3 is 6.01 Å². The number of carbonyl (C=O) groups excluding carboxylic acids is 1. The highest BCUT2D eigenvalue weighted by molar-refractivity contribution is 5.97. The highest BCUT2D eigenvalue weighted by Gasteiger charge is 2.54. The number of nitrogens with one attached hydrogen (secondary N) is 1. The summed E-state index contributed by atoms with van der Waals surface area (Å²) in [7, 11) is 0. The maximum absolute atomic E-state index is 14.1. The molecule has 4 heterocycles. The molecule has 42 heavy (non-hydrogen) atoms. The number of benzene rings is 1. The van der Waals surface area contributed by atoms with Crippen LogP contribution in [-0.2, 0) is 13.0 Å². The fourth-order valence-electron chi connectivity index (χ4n) is 5.97. The lowest BCUT2D eigenvalue weighted by Gasteiger charge is -2.58. The largest absolute Gasteiger partial charge is 0.490 e. The van der Waals surface area contributed by atoms with Crippen LogP contribution in [0.4, 0.5) is 19.0 Å². The Morgan fingerprint density at radius 2 is 2.02 bits per heavy atom. The molecule has 1 aromatic carbocycles. The number of aromatic nitrogens is 4. The normalized spacial score (nSPS) is 17.5. The van der Waals surface area contributed by atoms with E-state index in [0.29, 0.717) is 5.82 Å². The fourth-order valence-corrected chi connectivity index (χ4v) is 5.97. The van der Waals surface area contributed by atoms with Crippen molar-refractivity contribution in [2.75, 3.05) is 31.1 Å². The van der Waals surface area contributed by atoms with Crippen LogP contribution in [0, 0.1) is 11.2 Å². The molecule has 3 aliphatic rings. The predicted molar refractivity (Wildman–Crippen MR) is 146 cm³/mol. The minimum atomic E-state index is -2.74. The van der Waals surface area contributed by atoms with E-state index in [1.807, 2.05) is 12.3 Å². The second-order valence-corrected chi connectivity index (χ2v) is 11.4. The maximum Gasteiger partial charge on any atom is 0.343 e. The number of anilines is 1. The van der Waals surface area contributed by atoms with Gasteiger partial charge in [-0.05, 0) is 51.0 Å². The first kappa shape index (κ1) is 28.1. The SMILES string of the molecule is CC(C)N(CC(F)F)C(=O)c1cc(F)ccc1Oc1nncc(N2CC3(CC(Oc4ccnc5c4CNCC5)C3)C2)n1. The van der Waals surface area contributed by atoms with Gasteiger partial charge in [0.05, 0.1) is 18.3 Å². The van der Waals surface area contributed by atoms with Gasteiger partial charge in [0.1, 0.15) is 23.4 Å². The van der Waals surface area contributed by atoms with Crippen LogP contribution in [0.5, 0.6) is 17.5 Å². The molecule has 1 amide bonds. The Kier molecular flexibility index (Phi) is 7.60. The zero-order valence-electron chi connectivity index (χ0n) is 23.4. The number of ether oxygens (including phenoxy) is 2. The molecule has 0 atom stereocenters. The number of fused-ring (bicyclic) bond motifs is 1. The lowest BCUT2D eigenvalue weighted by molar-refractivity contribution is -0.0349. The van der Waals surface area contributed by atoms with E-state index in [0.717, 1.165) is 79.5 Å². The average molecular weight is 584 g/mol. The number of halogens is 3. The first-order chi connectivity index (χ1) is 20.2. The van der Waals surface area contributed by atoms with Crippen molar-refractivity contribution in [3.8, 4) is 17.5 Å². The molecule has 1 aliphatic carbocycles. The summed E-state index contributed by atoms with van der Waals surface area (Å²) in [5, 5.41) is 11.3. The zero-order chi connectivity index (χ0) is 29.4. The van der Waals surface area contributed by atoms with Gasteiger partial charge in [0, 0.05) is 61.5 Å². The Morgan fingerprint density at radius 1 is 1.21 bits per heavy atom. The van der Waals surface area contributed by atoms with E-state index in [-0.39, 0.29) is 28.8 Å². The summed E-state index contributed by atoms with van der Waals surface area (Å²) in [5.41, 5.74) is 2.19. The van der Waals surface area contributed by atoms with Crippen molar-refractivity contribution in [1.82, 2.24) is 30.4 Å². The summed E-state index contributed by atoms with van der Waals surface area (Å²) in [6, 6.07) is 4.60. The van der Waals surface area contributed by atoms with Crippen molar-refractivity contribution in [2.24, 2.45) is 5.41 Å². The third-order valence-corrected chi connectivity index (χ3v) is 8.05. The molecule has 0 bridgehead atoms. The van der Waals surface area contributed by atoms with Crippen LogP contribution in [0.25, 0.3) is 0 Å². The number of pyridine rings is 1. The average Bonchev–Trinajstić information content (AvgIpc) is 2.93. The van der Waals surface area contributed by atoms with E-state index < -0.39 is 30.7 Å².